The molecule has 0 unspecified atom stereocenters. The molecule has 0 radical (unpaired) electrons. The number of hydrogen-bond donors (Lipinski definition) is 2. The van der Waals surface area contributed by atoms with Crippen molar-refractivity contribution < 1.29 is 9.13 Å². The third-order valence-electron chi connectivity index (χ3n) is 4.63. The van der Waals surface area contributed by atoms with E-state index in [-0.39, 0.29) is 29.8 Å². The van der Waals surface area contributed by atoms with Gasteiger partial charge in [-0.2, -0.15) is 0 Å². The van der Waals surface area contributed by atoms with Crippen molar-refractivity contribution in [3.05, 3.63) is 47.1 Å². The number of ether oxygens (including phenoxy) is 1. The van der Waals surface area contributed by atoms with Gasteiger partial charge in [0.2, 0.25) is 0 Å². The summed E-state index contributed by atoms with van der Waals surface area (Å²) < 4.78 is 19.2. The van der Waals surface area contributed by atoms with Gasteiger partial charge >= 0.3 is 0 Å². The zero-order chi connectivity index (χ0) is 19.1. The largest absolute Gasteiger partial charge is 0.491 e. The van der Waals surface area contributed by atoms with Crippen LogP contribution in [-0.2, 0) is 6.54 Å². The van der Waals surface area contributed by atoms with Gasteiger partial charge in [-0.25, -0.2) is 4.39 Å². The number of halogens is 2. The molecular formula is C20H28FIN4OS. The Balaban J connectivity index is 0.00000280. The Morgan fingerprint density at radius 2 is 2.11 bits per heavy atom. The van der Waals surface area contributed by atoms with Gasteiger partial charge < -0.3 is 20.3 Å². The molecule has 2 heterocycles. The Morgan fingerprint density at radius 3 is 2.71 bits per heavy atom. The van der Waals surface area contributed by atoms with E-state index in [0.717, 1.165) is 37.5 Å². The Morgan fingerprint density at radius 1 is 1.32 bits per heavy atom. The summed E-state index contributed by atoms with van der Waals surface area (Å²) >= 11 is 1.79. The maximum absolute atomic E-state index is 14.0. The van der Waals surface area contributed by atoms with Gasteiger partial charge in [0.25, 0.3) is 0 Å². The SMILES string of the molecule is CCOc1ccc(CNC(=NC)NC2CCN(c3cccs3)CC2)cc1F.I. The van der Waals surface area contributed by atoms with E-state index in [0.29, 0.717) is 24.9 Å². The second-order valence-corrected chi connectivity index (χ2v) is 7.41. The van der Waals surface area contributed by atoms with Crippen molar-refractivity contribution in [1.29, 1.82) is 0 Å². The molecule has 0 amide bonds. The topological polar surface area (TPSA) is 48.9 Å². The second-order valence-electron chi connectivity index (χ2n) is 6.48. The van der Waals surface area contributed by atoms with E-state index in [2.05, 4.69) is 38.0 Å². The fourth-order valence-corrected chi connectivity index (χ4v) is 3.98. The highest BCUT2D eigenvalue weighted by molar-refractivity contribution is 14.0. The molecule has 154 valence electrons. The monoisotopic (exact) mass is 518 g/mol. The summed E-state index contributed by atoms with van der Waals surface area (Å²) in [6.07, 6.45) is 2.13. The fraction of sp³-hybridized carbons (Fsp3) is 0.450. The number of benzene rings is 1. The van der Waals surface area contributed by atoms with Gasteiger partial charge in [0.05, 0.1) is 11.6 Å². The molecule has 0 atom stereocenters. The van der Waals surface area contributed by atoms with Crippen LogP contribution in [0.25, 0.3) is 0 Å². The first-order valence-corrected chi connectivity index (χ1v) is 10.2. The highest BCUT2D eigenvalue weighted by Gasteiger charge is 2.20. The highest BCUT2D eigenvalue weighted by atomic mass is 127. The van der Waals surface area contributed by atoms with Crippen LogP contribution in [0, 0.1) is 5.82 Å². The number of hydrogen-bond acceptors (Lipinski definition) is 4. The van der Waals surface area contributed by atoms with Gasteiger partial charge in [-0.1, -0.05) is 6.07 Å². The number of anilines is 1. The van der Waals surface area contributed by atoms with Crippen molar-refractivity contribution in [3.63, 3.8) is 0 Å². The average Bonchev–Trinajstić information content (AvgIpc) is 3.22. The van der Waals surface area contributed by atoms with Gasteiger partial charge in [0, 0.05) is 32.7 Å². The Hall–Kier alpha value is -1.55. The quantitative estimate of drug-likeness (QED) is 0.342. The van der Waals surface area contributed by atoms with Crippen LogP contribution in [0.4, 0.5) is 9.39 Å². The number of piperidine rings is 1. The van der Waals surface area contributed by atoms with Crippen LogP contribution in [0.2, 0.25) is 0 Å². The number of nitrogens with one attached hydrogen (secondary N) is 2. The molecule has 1 aliphatic heterocycles. The summed E-state index contributed by atoms with van der Waals surface area (Å²) in [5, 5.41) is 10.2. The van der Waals surface area contributed by atoms with Crippen LogP contribution >= 0.6 is 35.3 Å². The lowest BCUT2D eigenvalue weighted by Gasteiger charge is -2.33. The predicted molar refractivity (Wildman–Crippen MR) is 126 cm³/mol. The van der Waals surface area contributed by atoms with E-state index in [9.17, 15) is 4.39 Å². The number of rotatable bonds is 6. The summed E-state index contributed by atoms with van der Waals surface area (Å²) in [7, 11) is 1.76. The van der Waals surface area contributed by atoms with Gasteiger partial charge in [0.1, 0.15) is 0 Å². The lowest BCUT2D eigenvalue weighted by Crippen LogP contribution is -2.48. The highest BCUT2D eigenvalue weighted by Crippen LogP contribution is 2.24. The van der Waals surface area contributed by atoms with Crippen LogP contribution in [0.3, 0.4) is 0 Å². The van der Waals surface area contributed by atoms with Gasteiger partial charge in [0.15, 0.2) is 17.5 Å². The van der Waals surface area contributed by atoms with Crippen molar-refractivity contribution in [2.24, 2.45) is 4.99 Å². The van der Waals surface area contributed by atoms with Crippen LogP contribution in [0.5, 0.6) is 5.75 Å². The van der Waals surface area contributed by atoms with E-state index >= 15 is 0 Å². The number of nitrogens with zero attached hydrogens (tertiary/aromatic N) is 2. The molecule has 1 aromatic heterocycles. The normalized spacial score (nSPS) is 15.1. The molecular weight excluding hydrogens is 490 g/mol. The first kappa shape index (κ1) is 22.7. The van der Waals surface area contributed by atoms with Crippen LogP contribution < -0.4 is 20.3 Å². The minimum Gasteiger partial charge on any atom is -0.491 e. The molecule has 8 heteroatoms. The molecule has 0 bridgehead atoms. The van der Waals surface area contributed by atoms with Gasteiger partial charge in [-0.15, -0.1) is 35.3 Å². The van der Waals surface area contributed by atoms with Crippen molar-refractivity contribution in [1.82, 2.24) is 10.6 Å². The van der Waals surface area contributed by atoms with Crippen LogP contribution in [0.15, 0.2) is 40.7 Å². The Kier molecular flexibility index (Phi) is 9.30. The zero-order valence-electron chi connectivity index (χ0n) is 16.3. The molecule has 1 fully saturated rings. The number of thiophene rings is 1. The molecule has 2 N–H and O–H groups in total. The van der Waals surface area contributed by atoms with Crippen LogP contribution in [-0.4, -0.2) is 38.7 Å². The molecule has 2 aromatic rings. The molecule has 1 aliphatic rings. The molecule has 0 saturated carbocycles. The van der Waals surface area contributed by atoms with E-state index in [1.807, 2.05) is 13.0 Å². The fourth-order valence-electron chi connectivity index (χ4n) is 3.19. The second kappa shape index (κ2) is 11.5. The number of guanidine groups is 1. The summed E-state index contributed by atoms with van der Waals surface area (Å²) in [5.41, 5.74) is 0.853. The van der Waals surface area contributed by atoms with E-state index < -0.39 is 0 Å². The van der Waals surface area contributed by atoms with Crippen molar-refractivity contribution in [2.75, 3.05) is 31.6 Å². The molecule has 0 aliphatic carbocycles. The minimum atomic E-state index is -0.333. The van der Waals surface area contributed by atoms with E-state index in [4.69, 9.17) is 4.74 Å². The molecule has 5 nitrogen and oxygen atoms in total. The average molecular weight is 518 g/mol. The Bertz CT molecular complexity index is 749. The summed E-state index contributed by atoms with van der Waals surface area (Å²) in [6.45, 7) is 4.89. The molecule has 1 saturated heterocycles. The number of aliphatic imine (C=N–C) groups is 1. The predicted octanol–water partition coefficient (Wildman–Crippen LogP) is 4.24. The van der Waals surface area contributed by atoms with Crippen molar-refractivity contribution >= 4 is 46.3 Å². The standard InChI is InChI=1S/C20H27FN4OS.HI/c1-3-26-18-7-6-15(13-17(18)21)14-23-20(22-2)24-16-8-10-25(11-9-16)19-5-4-12-27-19;/h4-7,12-13,16H,3,8-11,14H2,1-2H3,(H2,22,23,24);1H. The third-order valence-corrected chi connectivity index (χ3v) is 5.56. The van der Waals surface area contributed by atoms with Gasteiger partial charge in [-0.3, -0.25) is 4.99 Å². The summed E-state index contributed by atoms with van der Waals surface area (Å²) in [6, 6.07) is 9.71. The first-order valence-electron chi connectivity index (χ1n) is 9.36. The first-order chi connectivity index (χ1) is 13.2. The molecule has 28 heavy (non-hydrogen) atoms. The molecule has 0 spiro atoms. The molecule has 1 aromatic carbocycles. The lowest BCUT2D eigenvalue weighted by atomic mass is 10.1. The van der Waals surface area contributed by atoms with E-state index in [1.165, 1.54) is 11.1 Å². The van der Waals surface area contributed by atoms with Crippen molar-refractivity contribution in [2.45, 2.75) is 32.4 Å². The lowest BCUT2D eigenvalue weighted by molar-refractivity contribution is 0.321. The summed E-state index contributed by atoms with van der Waals surface area (Å²) in [5.74, 6) is 0.708. The summed E-state index contributed by atoms with van der Waals surface area (Å²) in [4.78, 5) is 6.73. The van der Waals surface area contributed by atoms with Gasteiger partial charge in [-0.05, 0) is 55.0 Å². The van der Waals surface area contributed by atoms with Crippen molar-refractivity contribution in [3.8, 4) is 5.75 Å². The maximum atomic E-state index is 14.0. The van der Waals surface area contributed by atoms with Crippen LogP contribution in [0.1, 0.15) is 25.3 Å². The minimum absolute atomic E-state index is 0. The zero-order valence-corrected chi connectivity index (χ0v) is 19.4. The maximum Gasteiger partial charge on any atom is 0.191 e. The third kappa shape index (κ3) is 6.23. The smallest absolute Gasteiger partial charge is 0.191 e. The molecule has 3 rings (SSSR count). The van der Waals surface area contributed by atoms with E-state index in [1.54, 1.807) is 24.5 Å². The Labute approximate surface area is 187 Å².